The van der Waals surface area contributed by atoms with Gasteiger partial charge in [0.05, 0.1) is 12.2 Å². The van der Waals surface area contributed by atoms with Gasteiger partial charge in [-0.05, 0) is 29.5 Å². The summed E-state index contributed by atoms with van der Waals surface area (Å²) in [6.45, 7) is 2.80. The fourth-order valence-corrected chi connectivity index (χ4v) is 3.89. The molecule has 0 aliphatic rings. The van der Waals surface area contributed by atoms with Crippen LogP contribution in [0.1, 0.15) is 47.8 Å². The number of aliphatic hydroxyl groups is 1. The van der Waals surface area contributed by atoms with E-state index in [0.717, 1.165) is 41.6 Å². The van der Waals surface area contributed by atoms with Crippen molar-refractivity contribution in [2.45, 2.75) is 38.3 Å². The van der Waals surface area contributed by atoms with E-state index in [0.29, 0.717) is 12.2 Å². The lowest BCUT2D eigenvalue weighted by Gasteiger charge is -2.28. The number of hydrogen-bond donors (Lipinski definition) is 1. The molecule has 0 radical (unpaired) electrons. The monoisotopic (exact) mass is 397 g/mol. The highest BCUT2D eigenvalue weighted by molar-refractivity contribution is 5.45. The maximum atomic E-state index is 12.2. The first-order chi connectivity index (χ1) is 14.7. The van der Waals surface area contributed by atoms with Crippen molar-refractivity contribution in [1.82, 2.24) is 15.0 Å². The summed E-state index contributed by atoms with van der Waals surface area (Å²) in [6, 6.07) is 29.8. The van der Waals surface area contributed by atoms with Gasteiger partial charge in [0.1, 0.15) is 5.69 Å². The highest BCUT2D eigenvalue weighted by Gasteiger charge is 2.39. The Kier molecular flexibility index (Phi) is 6.05. The van der Waals surface area contributed by atoms with Gasteiger partial charge in [0.2, 0.25) is 0 Å². The number of hydrogen-bond acceptors (Lipinski definition) is 3. The Morgan fingerprint density at radius 2 is 1.33 bits per heavy atom. The fraction of sp³-hybridized carbons (Fsp3) is 0.231. The molecule has 0 aliphatic carbocycles. The first-order valence-electron chi connectivity index (χ1n) is 10.5. The van der Waals surface area contributed by atoms with E-state index >= 15 is 0 Å². The Labute approximate surface area is 177 Å². The van der Waals surface area contributed by atoms with Gasteiger partial charge in [-0.2, -0.15) is 0 Å². The number of rotatable bonds is 8. The second-order valence-electron chi connectivity index (χ2n) is 7.57. The average Bonchev–Trinajstić information content (AvgIpc) is 3.21. The summed E-state index contributed by atoms with van der Waals surface area (Å²) in [7, 11) is 0. The zero-order valence-corrected chi connectivity index (χ0v) is 17.3. The van der Waals surface area contributed by atoms with E-state index in [2.05, 4.69) is 29.4 Å². The zero-order chi connectivity index (χ0) is 20.8. The van der Waals surface area contributed by atoms with Crippen molar-refractivity contribution in [2.75, 3.05) is 0 Å². The van der Waals surface area contributed by atoms with E-state index in [4.69, 9.17) is 0 Å². The largest absolute Gasteiger partial charge is 0.374 e. The molecule has 0 unspecified atom stereocenters. The van der Waals surface area contributed by atoms with Crippen LogP contribution >= 0.6 is 0 Å². The Morgan fingerprint density at radius 1 is 0.800 bits per heavy atom. The molecule has 4 rings (SSSR count). The third kappa shape index (κ3) is 3.91. The smallest absolute Gasteiger partial charge is 0.161 e. The van der Waals surface area contributed by atoms with Gasteiger partial charge < -0.3 is 5.11 Å². The van der Waals surface area contributed by atoms with Crippen LogP contribution in [0.3, 0.4) is 0 Å². The van der Waals surface area contributed by atoms with Gasteiger partial charge in [-0.25, -0.2) is 4.68 Å². The Morgan fingerprint density at radius 3 is 1.87 bits per heavy atom. The molecule has 4 nitrogen and oxygen atoms in total. The lowest BCUT2D eigenvalue weighted by Crippen LogP contribution is -2.31. The van der Waals surface area contributed by atoms with Crippen molar-refractivity contribution in [3.8, 4) is 0 Å². The number of unbranched alkanes of at least 4 members (excludes halogenated alkanes) is 1. The maximum Gasteiger partial charge on any atom is 0.161 e. The van der Waals surface area contributed by atoms with Crippen LogP contribution in [0.15, 0.2) is 91.0 Å². The SMILES string of the molecule is CCCCc1c(C(O)(c2ccccc2)c2ccccc2)nnn1Cc1ccccc1. The summed E-state index contributed by atoms with van der Waals surface area (Å²) in [5, 5.41) is 21.2. The minimum Gasteiger partial charge on any atom is -0.374 e. The van der Waals surface area contributed by atoms with Crippen LogP contribution < -0.4 is 0 Å². The van der Waals surface area contributed by atoms with Gasteiger partial charge in [0, 0.05) is 0 Å². The highest BCUT2D eigenvalue weighted by Crippen LogP contribution is 2.37. The molecule has 0 amide bonds. The van der Waals surface area contributed by atoms with E-state index in [1.165, 1.54) is 0 Å². The first kappa shape index (κ1) is 20.0. The zero-order valence-electron chi connectivity index (χ0n) is 17.3. The topological polar surface area (TPSA) is 50.9 Å². The van der Waals surface area contributed by atoms with Crippen LogP contribution in [0.4, 0.5) is 0 Å². The van der Waals surface area contributed by atoms with Crippen molar-refractivity contribution < 1.29 is 5.11 Å². The lowest BCUT2D eigenvalue weighted by atomic mass is 9.82. The molecule has 0 bridgehead atoms. The molecular formula is C26H27N3O. The summed E-state index contributed by atoms with van der Waals surface area (Å²) in [4.78, 5) is 0. The summed E-state index contributed by atoms with van der Waals surface area (Å²) in [6.07, 6.45) is 2.88. The minimum atomic E-state index is -1.36. The van der Waals surface area contributed by atoms with Crippen molar-refractivity contribution in [1.29, 1.82) is 0 Å². The molecule has 1 N–H and O–H groups in total. The van der Waals surface area contributed by atoms with Crippen LogP contribution in [0.25, 0.3) is 0 Å². The predicted molar refractivity (Wildman–Crippen MR) is 119 cm³/mol. The summed E-state index contributed by atoms with van der Waals surface area (Å²) in [5.74, 6) is 0. The van der Waals surface area contributed by atoms with Gasteiger partial charge in [-0.3, -0.25) is 0 Å². The first-order valence-corrected chi connectivity index (χ1v) is 10.5. The molecule has 1 aromatic heterocycles. The standard InChI is InChI=1S/C26H27N3O/c1-2-3-19-24-25(27-28-29(24)20-21-13-7-4-8-14-21)26(30,22-15-9-5-10-16-22)23-17-11-6-12-18-23/h4-18,30H,2-3,19-20H2,1H3. The number of aromatic nitrogens is 3. The third-order valence-corrected chi connectivity index (χ3v) is 5.51. The maximum absolute atomic E-state index is 12.2. The van der Waals surface area contributed by atoms with Gasteiger partial charge in [0.25, 0.3) is 0 Å². The third-order valence-electron chi connectivity index (χ3n) is 5.51. The van der Waals surface area contributed by atoms with Gasteiger partial charge in [0.15, 0.2) is 5.60 Å². The van der Waals surface area contributed by atoms with E-state index in [9.17, 15) is 5.11 Å². The van der Waals surface area contributed by atoms with E-state index in [-0.39, 0.29) is 0 Å². The lowest BCUT2D eigenvalue weighted by molar-refractivity contribution is 0.119. The molecule has 4 aromatic rings. The van der Waals surface area contributed by atoms with Crippen molar-refractivity contribution in [3.05, 3.63) is 119 Å². The van der Waals surface area contributed by atoms with Crippen LogP contribution in [-0.2, 0) is 18.6 Å². The molecule has 152 valence electrons. The van der Waals surface area contributed by atoms with E-state index < -0.39 is 5.60 Å². The van der Waals surface area contributed by atoms with Crippen molar-refractivity contribution >= 4 is 0 Å². The molecule has 0 spiro atoms. The fourth-order valence-electron chi connectivity index (χ4n) is 3.89. The predicted octanol–water partition coefficient (Wildman–Crippen LogP) is 4.95. The molecule has 0 fully saturated rings. The molecule has 0 aliphatic heterocycles. The Balaban J connectivity index is 1.86. The Hall–Kier alpha value is -3.24. The number of benzene rings is 3. The molecule has 0 atom stereocenters. The molecular weight excluding hydrogens is 370 g/mol. The normalized spacial score (nSPS) is 11.5. The second-order valence-corrected chi connectivity index (χ2v) is 7.57. The van der Waals surface area contributed by atoms with E-state index in [1.807, 2.05) is 83.5 Å². The molecule has 3 aromatic carbocycles. The van der Waals surface area contributed by atoms with Crippen LogP contribution in [-0.4, -0.2) is 20.1 Å². The summed E-state index contributed by atoms with van der Waals surface area (Å²) in [5.41, 5.74) is 2.98. The molecule has 30 heavy (non-hydrogen) atoms. The van der Waals surface area contributed by atoms with E-state index in [1.54, 1.807) is 0 Å². The summed E-state index contributed by atoms with van der Waals surface area (Å²) >= 11 is 0. The number of nitrogens with zero attached hydrogens (tertiary/aromatic N) is 3. The quantitative estimate of drug-likeness (QED) is 0.457. The molecule has 1 heterocycles. The molecule has 0 saturated carbocycles. The van der Waals surface area contributed by atoms with Crippen LogP contribution in [0.5, 0.6) is 0 Å². The van der Waals surface area contributed by atoms with Crippen LogP contribution in [0, 0.1) is 0 Å². The highest BCUT2D eigenvalue weighted by atomic mass is 16.3. The van der Waals surface area contributed by atoms with Crippen molar-refractivity contribution in [2.24, 2.45) is 0 Å². The van der Waals surface area contributed by atoms with Gasteiger partial charge in [-0.1, -0.05) is 110 Å². The second kappa shape index (κ2) is 9.06. The molecule has 4 heteroatoms. The minimum absolute atomic E-state index is 0.615. The Bertz CT molecular complexity index is 1020. The van der Waals surface area contributed by atoms with Crippen LogP contribution in [0.2, 0.25) is 0 Å². The molecule has 0 saturated heterocycles. The average molecular weight is 398 g/mol. The van der Waals surface area contributed by atoms with Gasteiger partial charge >= 0.3 is 0 Å². The summed E-state index contributed by atoms with van der Waals surface area (Å²) < 4.78 is 1.94. The van der Waals surface area contributed by atoms with Gasteiger partial charge in [-0.15, -0.1) is 5.10 Å². The van der Waals surface area contributed by atoms with Crippen molar-refractivity contribution in [3.63, 3.8) is 0 Å².